The van der Waals surface area contributed by atoms with Gasteiger partial charge in [0.1, 0.15) is 6.61 Å². The molecule has 174 valence electrons. The van der Waals surface area contributed by atoms with Gasteiger partial charge in [0.2, 0.25) is 5.91 Å². The number of rotatable bonds is 10. The lowest BCUT2D eigenvalue weighted by Crippen LogP contribution is -2.34. The Bertz CT molecular complexity index is 991. The van der Waals surface area contributed by atoms with Crippen molar-refractivity contribution in [1.82, 2.24) is 10.6 Å². The highest BCUT2D eigenvalue weighted by Crippen LogP contribution is 2.44. The highest BCUT2D eigenvalue weighted by Gasteiger charge is 2.43. The van der Waals surface area contributed by atoms with Crippen LogP contribution in [0.15, 0.2) is 48.5 Å². The first-order valence-electron chi connectivity index (χ1n) is 11.6. The van der Waals surface area contributed by atoms with Crippen LogP contribution in [0.5, 0.6) is 0 Å². The molecule has 2 amide bonds. The van der Waals surface area contributed by atoms with Crippen molar-refractivity contribution >= 4 is 18.0 Å². The van der Waals surface area contributed by atoms with Crippen molar-refractivity contribution in [2.75, 3.05) is 19.7 Å². The summed E-state index contributed by atoms with van der Waals surface area (Å²) in [6.45, 7) is 2.97. The molecule has 0 heterocycles. The molecular formula is C26H30N2O5. The van der Waals surface area contributed by atoms with E-state index in [4.69, 9.17) is 9.84 Å². The number of amides is 2. The minimum Gasteiger partial charge on any atom is -0.481 e. The Morgan fingerprint density at radius 1 is 1.03 bits per heavy atom. The second-order valence-electron chi connectivity index (χ2n) is 8.93. The highest BCUT2D eigenvalue weighted by atomic mass is 16.5. The van der Waals surface area contributed by atoms with Gasteiger partial charge in [-0.15, -0.1) is 0 Å². The zero-order chi connectivity index (χ0) is 23.4. The lowest BCUT2D eigenvalue weighted by molar-refractivity contribution is -0.139. The fraction of sp³-hybridized carbons (Fsp3) is 0.423. The minimum absolute atomic E-state index is 0.00736. The summed E-state index contributed by atoms with van der Waals surface area (Å²) in [4.78, 5) is 35.4. The zero-order valence-electron chi connectivity index (χ0n) is 18.8. The SMILES string of the molecule is CCC(CNC(=O)OCC1c2ccccc2-c2ccccc21)CC(=O)NC[C@@H]1C[C@@H]1C(=O)O. The third-order valence-corrected chi connectivity index (χ3v) is 6.73. The second-order valence-corrected chi connectivity index (χ2v) is 8.93. The van der Waals surface area contributed by atoms with E-state index in [9.17, 15) is 14.4 Å². The molecule has 7 nitrogen and oxygen atoms in total. The molecule has 33 heavy (non-hydrogen) atoms. The number of carboxylic acids is 1. The van der Waals surface area contributed by atoms with Crippen molar-refractivity contribution in [2.45, 2.75) is 32.1 Å². The first-order chi connectivity index (χ1) is 16.0. The number of ether oxygens (including phenoxy) is 1. The van der Waals surface area contributed by atoms with Crippen LogP contribution in [0.4, 0.5) is 4.79 Å². The third-order valence-electron chi connectivity index (χ3n) is 6.73. The van der Waals surface area contributed by atoms with Crippen LogP contribution >= 0.6 is 0 Å². The van der Waals surface area contributed by atoms with E-state index < -0.39 is 12.1 Å². The van der Waals surface area contributed by atoms with E-state index in [1.807, 2.05) is 31.2 Å². The Kier molecular flexibility index (Phi) is 6.96. The van der Waals surface area contributed by atoms with Crippen LogP contribution in [-0.2, 0) is 14.3 Å². The van der Waals surface area contributed by atoms with Gasteiger partial charge in [-0.1, -0.05) is 61.9 Å². The van der Waals surface area contributed by atoms with Crippen molar-refractivity contribution in [3.63, 3.8) is 0 Å². The Morgan fingerprint density at radius 2 is 1.67 bits per heavy atom. The highest BCUT2D eigenvalue weighted by molar-refractivity contribution is 5.79. The number of aliphatic carboxylic acids is 1. The Hall–Kier alpha value is -3.35. The van der Waals surface area contributed by atoms with E-state index >= 15 is 0 Å². The molecule has 4 rings (SSSR count). The summed E-state index contributed by atoms with van der Waals surface area (Å²) in [5.74, 6) is -1.22. The second kappa shape index (κ2) is 10.1. The van der Waals surface area contributed by atoms with Gasteiger partial charge in [0.15, 0.2) is 0 Å². The summed E-state index contributed by atoms with van der Waals surface area (Å²) in [6.07, 6.45) is 1.15. The van der Waals surface area contributed by atoms with E-state index in [0.717, 1.165) is 17.5 Å². The van der Waals surface area contributed by atoms with Gasteiger partial charge in [-0.2, -0.15) is 0 Å². The molecule has 1 unspecified atom stereocenters. The van der Waals surface area contributed by atoms with Crippen molar-refractivity contribution in [1.29, 1.82) is 0 Å². The topological polar surface area (TPSA) is 105 Å². The molecule has 2 aliphatic rings. The lowest BCUT2D eigenvalue weighted by Gasteiger charge is -2.17. The Balaban J connectivity index is 1.22. The molecule has 2 aromatic carbocycles. The van der Waals surface area contributed by atoms with E-state index in [2.05, 4.69) is 34.9 Å². The number of carbonyl (C=O) groups is 3. The predicted molar refractivity (Wildman–Crippen MR) is 124 cm³/mol. The largest absolute Gasteiger partial charge is 0.481 e. The molecule has 0 saturated heterocycles. The third kappa shape index (κ3) is 5.35. The maximum Gasteiger partial charge on any atom is 0.407 e. The lowest BCUT2D eigenvalue weighted by atomic mass is 9.98. The molecule has 3 atom stereocenters. The van der Waals surface area contributed by atoms with E-state index in [1.54, 1.807) is 0 Å². The number of alkyl carbamates (subject to hydrolysis) is 1. The number of nitrogens with one attached hydrogen (secondary N) is 2. The quantitative estimate of drug-likeness (QED) is 0.511. The number of carboxylic acid groups (broad SMARTS) is 1. The maximum atomic E-state index is 12.4. The molecule has 0 spiro atoms. The van der Waals surface area contributed by atoms with Crippen molar-refractivity contribution in [3.05, 3.63) is 59.7 Å². The first kappa shape index (κ1) is 22.8. The first-order valence-corrected chi connectivity index (χ1v) is 11.6. The van der Waals surface area contributed by atoms with Crippen LogP contribution in [-0.4, -0.2) is 42.8 Å². The van der Waals surface area contributed by atoms with Gasteiger partial charge >= 0.3 is 12.1 Å². The molecule has 7 heteroatoms. The molecule has 0 bridgehead atoms. The molecule has 0 aliphatic heterocycles. The number of hydrogen-bond donors (Lipinski definition) is 3. The fourth-order valence-electron chi connectivity index (χ4n) is 4.59. The number of carbonyl (C=O) groups excluding carboxylic acids is 2. The number of benzene rings is 2. The van der Waals surface area contributed by atoms with Gasteiger partial charge in [0, 0.05) is 25.4 Å². The summed E-state index contributed by atoms with van der Waals surface area (Å²) >= 11 is 0. The fourth-order valence-corrected chi connectivity index (χ4v) is 4.59. The van der Waals surface area contributed by atoms with Crippen LogP contribution in [0.2, 0.25) is 0 Å². The van der Waals surface area contributed by atoms with Gasteiger partial charge in [0.25, 0.3) is 0 Å². The van der Waals surface area contributed by atoms with Crippen LogP contribution in [0.25, 0.3) is 11.1 Å². The molecule has 2 aliphatic carbocycles. The molecule has 1 fully saturated rings. The average molecular weight is 451 g/mol. The van der Waals surface area contributed by atoms with E-state index in [-0.39, 0.29) is 42.6 Å². The van der Waals surface area contributed by atoms with E-state index in [1.165, 1.54) is 11.1 Å². The molecule has 2 aromatic rings. The predicted octanol–water partition coefficient (Wildman–Crippen LogP) is 3.78. The van der Waals surface area contributed by atoms with Gasteiger partial charge < -0.3 is 20.5 Å². The summed E-state index contributed by atoms with van der Waals surface area (Å²) in [5.41, 5.74) is 4.69. The average Bonchev–Trinajstić information content (AvgIpc) is 3.55. The number of hydrogen-bond acceptors (Lipinski definition) is 4. The summed E-state index contributed by atoms with van der Waals surface area (Å²) in [7, 11) is 0. The van der Waals surface area contributed by atoms with Crippen LogP contribution in [0, 0.1) is 17.8 Å². The van der Waals surface area contributed by atoms with Crippen molar-refractivity contribution < 1.29 is 24.2 Å². The van der Waals surface area contributed by atoms with Crippen LogP contribution < -0.4 is 10.6 Å². The zero-order valence-corrected chi connectivity index (χ0v) is 18.8. The molecule has 0 aromatic heterocycles. The summed E-state index contributed by atoms with van der Waals surface area (Å²) in [6, 6.07) is 16.4. The smallest absolute Gasteiger partial charge is 0.407 e. The molecule has 1 saturated carbocycles. The van der Waals surface area contributed by atoms with Gasteiger partial charge in [-0.25, -0.2) is 4.79 Å². The van der Waals surface area contributed by atoms with Gasteiger partial charge in [0.05, 0.1) is 5.92 Å². The maximum absolute atomic E-state index is 12.4. The van der Waals surface area contributed by atoms with Crippen molar-refractivity contribution in [2.24, 2.45) is 17.8 Å². The van der Waals surface area contributed by atoms with Gasteiger partial charge in [-0.05, 0) is 40.5 Å². The van der Waals surface area contributed by atoms with Gasteiger partial charge in [-0.3, -0.25) is 9.59 Å². The van der Waals surface area contributed by atoms with Crippen LogP contribution in [0.3, 0.4) is 0 Å². The standard InChI is InChI=1S/C26H30N2O5/c1-2-16(11-24(29)27-14-17-12-22(17)25(30)31)13-28-26(32)33-15-23-20-9-5-3-7-18(20)19-8-4-6-10-21(19)23/h3-10,16-17,22-23H,2,11-15H2,1H3,(H,27,29)(H,28,32)(H,30,31)/t16?,17-,22-/m0/s1. The molecular weight excluding hydrogens is 420 g/mol. The summed E-state index contributed by atoms with van der Waals surface area (Å²) < 4.78 is 5.55. The van der Waals surface area contributed by atoms with E-state index in [0.29, 0.717) is 19.5 Å². The summed E-state index contributed by atoms with van der Waals surface area (Å²) in [5, 5.41) is 14.5. The Labute approximate surface area is 193 Å². The normalized spacial score (nSPS) is 19.2. The number of fused-ring (bicyclic) bond motifs is 3. The van der Waals surface area contributed by atoms with Crippen LogP contribution in [0.1, 0.15) is 43.2 Å². The minimum atomic E-state index is -0.798. The molecule has 3 N–H and O–H groups in total. The Morgan fingerprint density at radius 3 is 2.24 bits per heavy atom. The monoisotopic (exact) mass is 450 g/mol. The molecule has 0 radical (unpaired) electrons. The van der Waals surface area contributed by atoms with Crippen molar-refractivity contribution in [3.8, 4) is 11.1 Å².